The summed E-state index contributed by atoms with van der Waals surface area (Å²) in [5.41, 5.74) is 0.403. The number of aliphatic hydroxyl groups is 1. The molecule has 4 nitrogen and oxygen atoms in total. The lowest BCUT2D eigenvalue weighted by molar-refractivity contribution is 0.00206. The average molecular weight is 250 g/mol. The second kappa shape index (κ2) is 5.40. The molecule has 1 aliphatic rings. The smallest absolute Gasteiger partial charge is 0.428 e. The minimum atomic E-state index is -0.656. The molecule has 0 spiro atoms. The largest absolute Gasteiger partial charge is 0.514 e. The Balaban J connectivity index is 1.90. The summed E-state index contributed by atoms with van der Waals surface area (Å²) in [5.74, 6) is 0.429. The number of carbonyl (C=O) groups is 1. The number of hydrogen-bond acceptors (Lipinski definition) is 4. The van der Waals surface area contributed by atoms with Gasteiger partial charge in [-0.2, -0.15) is 0 Å². The second-order valence-corrected chi connectivity index (χ2v) is 4.91. The van der Waals surface area contributed by atoms with Crippen LogP contribution in [0.5, 0.6) is 5.75 Å². The maximum Gasteiger partial charge on any atom is 0.514 e. The van der Waals surface area contributed by atoms with Crippen LogP contribution < -0.4 is 4.74 Å². The first-order valence-electron chi connectivity index (χ1n) is 6.22. The number of carbonyl (C=O) groups excluding carboxylic acids is 1. The van der Waals surface area contributed by atoms with E-state index in [4.69, 9.17) is 14.6 Å². The van der Waals surface area contributed by atoms with E-state index in [1.54, 1.807) is 24.3 Å². The molecule has 0 saturated heterocycles. The molecule has 1 saturated carbocycles. The van der Waals surface area contributed by atoms with Gasteiger partial charge in [-0.05, 0) is 50.3 Å². The van der Waals surface area contributed by atoms with Crippen molar-refractivity contribution in [2.24, 2.45) is 0 Å². The van der Waals surface area contributed by atoms with Crippen LogP contribution in [-0.2, 0) is 11.3 Å². The lowest BCUT2D eigenvalue weighted by Crippen LogP contribution is -2.29. The highest BCUT2D eigenvalue weighted by molar-refractivity contribution is 5.64. The Morgan fingerprint density at radius 1 is 1.28 bits per heavy atom. The summed E-state index contributed by atoms with van der Waals surface area (Å²) in [6.45, 7) is 1.92. The minimum absolute atomic E-state index is 0.0250. The Bertz CT molecular complexity index is 404. The zero-order chi connectivity index (χ0) is 13.0. The summed E-state index contributed by atoms with van der Waals surface area (Å²) in [6, 6.07) is 6.70. The van der Waals surface area contributed by atoms with Crippen LogP contribution in [0, 0.1) is 0 Å². The fourth-order valence-corrected chi connectivity index (χ4v) is 2.21. The summed E-state index contributed by atoms with van der Waals surface area (Å²) in [7, 11) is 0. The SMILES string of the molecule is CC1(OC(=O)Oc2ccc(CO)cc2)CCCC1. The van der Waals surface area contributed by atoms with Gasteiger partial charge in [-0.3, -0.25) is 0 Å². The van der Waals surface area contributed by atoms with Crippen LogP contribution in [0.15, 0.2) is 24.3 Å². The van der Waals surface area contributed by atoms with Crippen LogP contribution in [0.2, 0.25) is 0 Å². The molecular weight excluding hydrogens is 232 g/mol. The van der Waals surface area contributed by atoms with Gasteiger partial charge in [-0.1, -0.05) is 12.1 Å². The standard InChI is InChI=1S/C14H18O4/c1-14(8-2-3-9-14)18-13(16)17-12-6-4-11(10-15)5-7-12/h4-7,15H,2-3,8-10H2,1H3. The van der Waals surface area contributed by atoms with Gasteiger partial charge in [-0.25, -0.2) is 4.79 Å². The van der Waals surface area contributed by atoms with Crippen molar-refractivity contribution in [2.45, 2.75) is 44.8 Å². The number of hydrogen-bond donors (Lipinski definition) is 1. The van der Waals surface area contributed by atoms with Gasteiger partial charge in [0.15, 0.2) is 0 Å². The van der Waals surface area contributed by atoms with Crippen molar-refractivity contribution >= 4 is 6.16 Å². The van der Waals surface area contributed by atoms with Crippen molar-refractivity contribution in [3.05, 3.63) is 29.8 Å². The molecule has 0 aromatic heterocycles. The fourth-order valence-electron chi connectivity index (χ4n) is 2.21. The van der Waals surface area contributed by atoms with Gasteiger partial charge in [0.1, 0.15) is 11.4 Å². The molecular formula is C14H18O4. The van der Waals surface area contributed by atoms with E-state index >= 15 is 0 Å². The maximum absolute atomic E-state index is 11.6. The molecule has 0 bridgehead atoms. The highest BCUT2D eigenvalue weighted by Crippen LogP contribution is 2.33. The van der Waals surface area contributed by atoms with E-state index in [-0.39, 0.29) is 12.2 Å². The van der Waals surface area contributed by atoms with Crippen LogP contribution in [0.4, 0.5) is 4.79 Å². The lowest BCUT2D eigenvalue weighted by Gasteiger charge is -2.23. The molecule has 1 aromatic carbocycles. The molecule has 0 atom stereocenters. The summed E-state index contributed by atoms with van der Waals surface area (Å²) >= 11 is 0. The third kappa shape index (κ3) is 3.23. The van der Waals surface area contributed by atoms with Crippen LogP contribution in [0.25, 0.3) is 0 Å². The topological polar surface area (TPSA) is 55.8 Å². The van der Waals surface area contributed by atoms with E-state index in [9.17, 15) is 4.79 Å². The van der Waals surface area contributed by atoms with Crippen LogP contribution in [0.3, 0.4) is 0 Å². The van der Waals surface area contributed by atoms with Crippen LogP contribution in [0.1, 0.15) is 38.2 Å². The van der Waals surface area contributed by atoms with E-state index in [0.29, 0.717) is 5.75 Å². The van der Waals surface area contributed by atoms with E-state index in [0.717, 1.165) is 31.2 Å². The molecule has 0 heterocycles. The quantitative estimate of drug-likeness (QED) is 0.661. The molecule has 1 aromatic rings. The zero-order valence-corrected chi connectivity index (χ0v) is 10.5. The Morgan fingerprint density at radius 3 is 2.44 bits per heavy atom. The Labute approximate surface area is 107 Å². The molecule has 98 valence electrons. The van der Waals surface area contributed by atoms with E-state index in [2.05, 4.69) is 0 Å². The van der Waals surface area contributed by atoms with Crippen molar-refractivity contribution in [2.75, 3.05) is 0 Å². The molecule has 0 amide bonds. The Morgan fingerprint density at radius 2 is 1.89 bits per heavy atom. The molecule has 18 heavy (non-hydrogen) atoms. The molecule has 1 fully saturated rings. The van der Waals surface area contributed by atoms with Crippen LogP contribution in [-0.4, -0.2) is 16.9 Å². The minimum Gasteiger partial charge on any atom is -0.428 e. The average Bonchev–Trinajstić information content (AvgIpc) is 2.76. The van der Waals surface area contributed by atoms with Crippen molar-refractivity contribution in [3.63, 3.8) is 0 Å². The van der Waals surface area contributed by atoms with Crippen molar-refractivity contribution in [1.82, 2.24) is 0 Å². The number of ether oxygens (including phenoxy) is 2. The third-order valence-corrected chi connectivity index (χ3v) is 3.30. The normalized spacial score (nSPS) is 17.4. The van der Waals surface area contributed by atoms with Gasteiger partial charge in [0.2, 0.25) is 0 Å². The first kappa shape index (κ1) is 12.9. The Kier molecular flexibility index (Phi) is 3.87. The van der Waals surface area contributed by atoms with Crippen LogP contribution >= 0.6 is 0 Å². The van der Waals surface area contributed by atoms with Gasteiger partial charge in [0.25, 0.3) is 0 Å². The second-order valence-electron chi connectivity index (χ2n) is 4.91. The van der Waals surface area contributed by atoms with E-state index in [1.807, 2.05) is 6.92 Å². The molecule has 2 rings (SSSR count). The first-order chi connectivity index (χ1) is 8.61. The van der Waals surface area contributed by atoms with Gasteiger partial charge < -0.3 is 14.6 Å². The predicted octanol–water partition coefficient (Wildman–Crippen LogP) is 3.03. The Hall–Kier alpha value is -1.55. The molecule has 1 N–H and O–H groups in total. The fraction of sp³-hybridized carbons (Fsp3) is 0.500. The number of benzene rings is 1. The van der Waals surface area contributed by atoms with Crippen molar-refractivity contribution < 1.29 is 19.4 Å². The monoisotopic (exact) mass is 250 g/mol. The van der Waals surface area contributed by atoms with Gasteiger partial charge in [0, 0.05) is 0 Å². The highest BCUT2D eigenvalue weighted by Gasteiger charge is 2.33. The predicted molar refractivity (Wildman–Crippen MR) is 66.3 cm³/mol. The number of rotatable bonds is 3. The van der Waals surface area contributed by atoms with E-state index in [1.165, 1.54) is 0 Å². The number of aliphatic hydroxyl groups excluding tert-OH is 1. The lowest BCUT2D eigenvalue weighted by atomic mass is 10.1. The summed E-state index contributed by atoms with van der Waals surface area (Å²) in [4.78, 5) is 11.6. The van der Waals surface area contributed by atoms with Gasteiger partial charge in [0.05, 0.1) is 6.61 Å². The molecule has 4 heteroatoms. The first-order valence-corrected chi connectivity index (χ1v) is 6.22. The summed E-state index contributed by atoms with van der Waals surface area (Å²) in [6.07, 6.45) is 3.32. The highest BCUT2D eigenvalue weighted by atomic mass is 16.7. The molecule has 0 unspecified atom stereocenters. The molecule has 0 radical (unpaired) electrons. The summed E-state index contributed by atoms with van der Waals surface area (Å²) < 4.78 is 10.4. The van der Waals surface area contributed by atoms with Gasteiger partial charge >= 0.3 is 6.16 Å². The van der Waals surface area contributed by atoms with Gasteiger partial charge in [-0.15, -0.1) is 0 Å². The van der Waals surface area contributed by atoms with Crippen molar-refractivity contribution in [1.29, 1.82) is 0 Å². The van der Waals surface area contributed by atoms with E-state index < -0.39 is 6.16 Å². The zero-order valence-electron chi connectivity index (χ0n) is 10.5. The summed E-state index contributed by atoms with van der Waals surface area (Å²) in [5, 5.41) is 8.90. The van der Waals surface area contributed by atoms with Crippen molar-refractivity contribution in [3.8, 4) is 5.75 Å². The molecule has 0 aliphatic heterocycles. The maximum atomic E-state index is 11.6. The third-order valence-electron chi connectivity index (χ3n) is 3.30. The molecule has 1 aliphatic carbocycles.